The van der Waals surface area contributed by atoms with E-state index in [4.69, 9.17) is 16.3 Å². The van der Waals surface area contributed by atoms with Crippen LogP contribution in [-0.4, -0.2) is 51.8 Å². The first-order valence-electron chi connectivity index (χ1n) is 12.6. The second-order valence-electron chi connectivity index (χ2n) is 8.96. The van der Waals surface area contributed by atoms with E-state index in [2.05, 4.69) is 39.6 Å². The van der Waals surface area contributed by atoms with Gasteiger partial charge in [-0.3, -0.25) is 4.79 Å². The second-order valence-corrected chi connectivity index (χ2v) is 9.36. The van der Waals surface area contributed by atoms with E-state index in [9.17, 15) is 9.18 Å². The summed E-state index contributed by atoms with van der Waals surface area (Å²) in [5, 5.41) is 15.9. The number of nitrogens with one attached hydrogen (secondary N) is 2. The molecule has 2 heterocycles. The number of halogens is 2. The first kappa shape index (κ1) is 27.3. The summed E-state index contributed by atoms with van der Waals surface area (Å²) in [6.45, 7) is 9.55. The molecular formula is C28H32ClFN6O2. The zero-order valence-corrected chi connectivity index (χ0v) is 22.8. The lowest BCUT2D eigenvalue weighted by Gasteiger charge is -2.18. The first-order chi connectivity index (χ1) is 18.3. The number of ether oxygens (including phenoxy) is 1. The smallest absolute Gasteiger partial charge is 0.268 e. The lowest BCUT2D eigenvalue weighted by molar-refractivity contribution is 0.0940. The monoisotopic (exact) mass is 538 g/mol. The zero-order valence-electron chi connectivity index (χ0n) is 22.0. The molecule has 0 unspecified atom stereocenters. The summed E-state index contributed by atoms with van der Waals surface area (Å²) in [7, 11) is 1.85. The minimum atomic E-state index is -0.316. The summed E-state index contributed by atoms with van der Waals surface area (Å²) in [4.78, 5) is 15.3. The third kappa shape index (κ3) is 6.06. The normalized spacial score (nSPS) is 11.2. The molecule has 8 nitrogen and oxygen atoms in total. The Bertz CT molecular complexity index is 1440. The number of aryl methyl sites for hydroxylation is 2. The lowest BCUT2D eigenvalue weighted by atomic mass is 10.1. The summed E-state index contributed by atoms with van der Waals surface area (Å²) < 4.78 is 21.0. The van der Waals surface area contributed by atoms with Crippen LogP contribution in [0.3, 0.4) is 0 Å². The quantitative estimate of drug-likeness (QED) is 0.264. The van der Waals surface area contributed by atoms with Crippen LogP contribution in [0.2, 0.25) is 5.02 Å². The van der Waals surface area contributed by atoms with E-state index >= 15 is 0 Å². The molecule has 0 saturated heterocycles. The summed E-state index contributed by atoms with van der Waals surface area (Å²) in [6, 6.07) is 11.5. The van der Waals surface area contributed by atoms with Crippen LogP contribution < -0.4 is 15.4 Å². The fraction of sp³-hybridized carbons (Fsp3) is 0.321. The summed E-state index contributed by atoms with van der Waals surface area (Å²) >= 11 is 6.47. The molecule has 0 saturated carbocycles. The Morgan fingerprint density at radius 3 is 2.68 bits per heavy atom. The summed E-state index contributed by atoms with van der Waals surface area (Å²) in [5.41, 5.74) is 3.55. The molecule has 0 spiro atoms. The highest BCUT2D eigenvalue weighted by atomic mass is 35.5. The number of rotatable bonds is 11. The van der Waals surface area contributed by atoms with Crippen molar-refractivity contribution < 1.29 is 13.9 Å². The topological polar surface area (TPSA) is 84.3 Å². The molecule has 0 fully saturated rings. The Hall–Kier alpha value is -3.69. The van der Waals surface area contributed by atoms with Crippen LogP contribution in [0.25, 0.3) is 10.9 Å². The van der Waals surface area contributed by atoms with Gasteiger partial charge in [0.2, 0.25) is 0 Å². The maximum Gasteiger partial charge on any atom is 0.268 e. The molecule has 0 aliphatic carbocycles. The van der Waals surface area contributed by atoms with Crippen LogP contribution in [0.4, 0.5) is 15.9 Å². The fourth-order valence-electron chi connectivity index (χ4n) is 4.47. The van der Waals surface area contributed by atoms with Crippen molar-refractivity contribution >= 4 is 39.9 Å². The van der Waals surface area contributed by atoms with Gasteiger partial charge in [-0.05, 0) is 61.5 Å². The van der Waals surface area contributed by atoms with Gasteiger partial charge in [-0.1, -0.05) is 37.6 Å². The SMILES string of the molecule is CCN(CC)CCNC(=O)c1c(C)c2c(Nc3ccc(OCc4cccc(F)c4)c(Cl)c3)nncc2n1C. The molecule has 1 amide bonds. The average molecular weight is 539 g/mol. The van der Waals surface area contributed by atoms with Gasteiger partial charge in [-0.15, -0.1) is 5.10 Å². The predicted octanol–water partition coefficient (Wildman–Crippen LogP) is 5.46. The first-order valence-corrected chi connectivity index (χ1v) is 12.9. The molecule has 38 heavy (non-hydrogen) atoms. The number of carbonyl (C=O) groups excluding carboxylic acids is 1. The van der Waals surface area contributed by atoms with Gasteiger partial charge in [0.1, 0.15) is 23.9 Å². The number of nitrogens with zero attached hydrogens (tertiary/aromatic N) is 4. The molecule has 4 rings (SSSR count). The van der Waals surface area contributed by atoms with Gasteiger partial charge in [0.25, 0.3) is 5.91 Å². The van der Waals surface area contributed by atoms with Gasteiger partial charge in [0.15, 0.2) is 5.82 Å². The van der Waals surface area contributed by atoms with Gasteiger partial charge < -0.3 is 24.8 Å². The maximum absolute atomic E-state index is 13.4. The average Bonchev–Trinajstić information content (AvgIpc) is 3.16. The maximum atomic E-state index is 13.4. The van der Waals surface area contributed by atoms with Crippen molar-refractivity contribution in [1.82, 2.24) is 25.0 Å². The number of hydrogen-bond acceptors (Lipinski definition) is 6. The zero-order chi connectivity index (χ0) is 27.2. The Morgan fingerprint density at radius 1 is 1.18 bits per heavy atom. The molecule has 0 atom stereocenters. The van der Waals surface area contributed by atoms with E-state index in [0.29, 0.717) is 40.1 Å². The van der Waals surface area contributed by atoms with Crippen LogP contribution in [0.1, 0.15) is 35.5 Å². The van der Waals surface area contributed by atoms with Crippen molar-refractivity contribution in [2.75, 3.05) is 31.5 Å². The fourth-order valence-corrected chi connectivity index (χ4v) is 4.71. The largest absolute Gasteiger partial charge is 0.487 e. The lowest BCUT2D eigenvalue weighted by Crippen LogP contribution is -2.35. The Balaban J connectivity index is 1.51. The molecule has 0 radical (unpaired) electrons. The summed E-state index contributed by atoms with van der Waals surface area (Å²) in [6.07, 6.45) is 1.65. The van der Waals surface area contributed by atoms with Crippen molar-refractivity contribution in [2.24, 2.45) is 7.05 Å². The highest BCUT2D eigenvalue weighted by Gasteiger charge is 2.21. The van der Waals surface area contributed by atoms with Gasteiger partial charge in [0.05, 0.1) is 16.7 Å². The molecule has 10 heteroatoms. The third-order valence-corrected chi connectivity index (χ3v) is 6.85. The minimum absolute atomic E-state index is 0.137. The van der Waals surface area contributed by atoms with Crippen LogP contribution in [0.15, 0.2) is 48.7 Å². The standard InChI is InChI=1S/C28H32ClFN6O2/c1-5-36(6-2)13-12-31-28(37)26-18(3)25-23(35(26)4)16-32-34-27(25)33-21-10-11-24(22(29)15-21)38-17-19-8-7-9-20(30)14-19/h7-11,14-16H,5-6,12-13,17H2,1-4H3,(H,31,37)(H,33,34). The predicted molar refractivity (Wildman–Crippen MR) is 149 cm³/mol. The molecule has 0 aliphatic heterocycles. The number of fused-ring (bicyclic) bond motifs is 1. The molecular weight excluding hydrogens is 507 g/mol. The molecule has 4 aromatic rings. The molecule has 2 aromatic heterocycles. The van der Waals surface area contributed by atoms with Gasteiger partial charge in [-0.2, -0.15) is 5.10 Å². The molecule has 0 bridgehead atoms. The number of carbonyl (C=O) groups is 1. The minimum Gasteiger partial charge on any atom is -0.487 e. The van der Waals surface area contributed by atoms with E-state index < -0.39 is 0 Å². The van der Waals surface area contributed by atoms with Gasteiger partial charge in [-0.25, -0.2) is 4.39 Å². The third-order valence-electron chi connectivity index (χ3n) is 6.56. The van der Waals surface area contributed by atoms with Crippen molar-refractivity contribution in [1.29, 1.82) is 0 Å². The van der Waals surface area contributed by atoms with E-state index in [-0.39, 0.29) is 18.3 Å². The molecule has 2 N–H and O–H groups in total. The number of anilines is 2. The van der Waals surface area contributed by atoms with E-state index in [0.717, 1.165) is 36.1 Å². The Labute approximate surface area is 226 Å². The van der Waals surface area contributed by atoms with Crippen LogP contribution in [-0.2, 0) is 13.7 Å². The summed E-state index contributed by atoms with van der Waals surface area (Å²) in [5.74, 6) is 0.540. The molecule has 2 aromatic carbocycles. The van der Waals surface area contributed by atoms with E-state index in [1.165, 1.54) is 12.1 Å². The Morgan fingerprint density at radius 2 is 1.97 bits per heavy atom. The highest BCUT2D eigenvalue weighted by Crippen LogP contribution is 2.33. The van der Waals surface area contributed by atoms with Crippen molar-refractivity contribution in [3.8, 4) is 5.75 Å². The number of likely N-dealkylation sites (N-methyl/N-ethyl adjacent to an activating group) is 1. The molecule has 0 aliphatic rings. The van der Waals surface area contributed by atoms with Crippen molar-refractivity contribution in [3.05, 3.63) is 76.3 Å². The number of aromatic nitrogens is 3. The number of amides is 1. The Kier molecular flexibility index (Phi) is 8.81. The van der Waals surface area contributed by atoms with Crippen molar-refractivity contribution in [2.45, 2.75) is 27.4 Å². The van der Waals surface area contributed by atoms with Crippen LogP contribution >= 0.6 is 11.6 Å². The van der Waals surface area contributed by atoms with Crippen LogP contribution in [0.5, 0.6) is 5.75 Å². The van der Waals surface area contributed by atoms with Crippen LogP contribution in [0, 0.1) is 12.7 Å². The number of benzene rings is 2. The van der Waals surface area contributed by atoms with Gasteiger partial charge in [0, 0.05) is 31.2 Å². The van der Waals surface area contributed by atoms with Gasteiger partial charge >= 0.3 is 0 Å². The number of hydrogen-bond donors (Lipinski definition) is 2. The molecule has 200 valence electrons. The van der Waals surface area contributed by atoms with E-state index in [1.807, 2.05) is 24.6 Å². The van der Waals surface area contributed by atoms with Crippen molar-refractivity contribution in [3.63, 3.8) is 0 Å². The highest BCUT2D eigenvalue weighted by molar-refractivity contribution is 6.32. The van der Waals surface area contributed by atoms with E-state index in [1.54, 1.807) is 30.5 Å². The second kappa shape index (κ2) is 12.2.